The maximum absolute atomic E-state index is 13.9. The Morgan fingerprint density at radius 2 is 1.91 bits per heavy atom. The highest BCUT2D eigenvalue weighted by Gasteiger charge is 2.49. The summed E-state index contributed by atoms with van der Waals surface area (Å²) >= 11 is 6.36. The zero-order valence-corrected chi connectivity index (χ0v) is 21.6. The lowest BCUT2D eigenvalue weighted by Gasteiger charge is -2.44. The van der Waals surface area contributed by atoms with Crippen LogP contribution in [0.5, 0.6) is 0 Å². The van der Waals surface area contributed by atoms with Gasteiger partial charge in [-0.3, -0.25) is 9.79 Å². The van der Waals surface area contributed by atoms with E-state index in [1.54, 1.807) is 0 Å². The number of carbonyl (C=O) groups excluding carboxylic acids is 1. The largest absolute Gasteiger partial charge is 0.404 e. The molecule has 200 valence electrons. The molecule has 3 fully saturated rings. The molecule has 2 heterocycles. The summed E-state index contributed by atoms with van der Waals surface area (Å²) < 4.78 is 41.6. The Bertz CT molecular complexity index is 749. The topological polar surface area (TPSA) is 65.5 Å². The van der Waals surface area contributed by atoms with Crippen LogP contribution in [0.3, 0.4) is 0 Å². The van der Waals surface area contributed by atoms with Crippen molar-refractivity contribution >= 4 is 23.3 Å². The summed E-state index contributed by atoms with van der Waals surface area (Å²) in [5, 5.41) is 9.57. The van der Waals surface area contributed by atoms with Gasteiger partial charge in [0.1, 0.15) is 6.04 Å². The van der Waals surface area contributed by atoms with Crippen LogP contribution < -0.4 is 16.0 Å². The number of nitrogens with one attached hydrogen (secondary N) is 3. The minimum atomic E-state index is -4.26. The molecule has 0 spiro atoms. The van der Waals surface area contributed by atoms with Crippen LogP contribution in [0.25, 0.3) is 0 Å². The molecular formula is C26H42ClF3N4O. The van der Waals surface area contributed by atoms with Crippen LogP contribution >= 0.6 is 11.6 Å². The second kappa shape index (κ2) is 12.0. The van der Waals surface area contributed by atoms with Crippen LogP contribution in [-0.2, 0) is 4.79 Å². The molecule has 0 radical (unpaired) electrons. The third kappa shape index (κ3) is 7.27. The summed E-state index contributed by atoms with van der Waals surface area (Å²) in [6.07, 6.45) is 4.06. The lowest BCUT2D eigenvalue weighted by atomic mass is 9.66. The Morgan fingerprint density at radius 3 is 2.63 bits per heavy atom. The number of aliphatic imine (C=N–C) groups is 1. The molecule has 35 heavy (non-hydrogen) atoms. The van der Waals surface area contributed by atoms with Crippen molar-refractivity contribution in [1.29, 1.82) is 0 Å². The molecule has 0 aromatic carbocycles. The molecule has 3 N–H and O–H groups in total. The lowest BCUT2D eigenvalue weighted by molar-refractivity contribution is -0.179. The van der Waals surface area contributed by atoms with Crippen molar-refractivity contribution in [3.8, 4) is 0 Å². The fraction of sp³-hybridized carbons (Fsp3) is 0.923. The molecule has 2 saturated carbocycles. The number of carbonyl (C=O) groups is 1. The molecule has 4 rings (SSSR count). The van der Waals surface area contributed by atoms with E-state index in [1.165, 1.54) is 0 Å². The second-order valence-electron chi connectivity index (χ2n) is 11.5. The van der Waals surface area contributed by atoms with Gasteiger partial charge in [0, 0.05) is 37.4 Å². The summed E-state index contributed by atoms with van der Waals surface area (Å²) in [4.78, 5) is 17.8. The molecule has 8 unspecified atom stereocenters. The first-order valence-electron chi connectivity index (χ1n) is 13.7. The first-order valence-corrected chi connectivity index (χ1v) is 14.1. The number of alkyl halides is 4. The van der Waals surface area contributed by atoms with E-state index >= 15 is 0 Å². The van der Waals surface area contributed by atoms with Gasteiger partial charge in [0.25, 0.3) is 0 Å². The van der Waals surface area contributed by atoms with Crippen molar-refractivity contribution in [3.63, 3.8) is 0 Å². The number of piperidine rings is 1. The van der Waals surface area contributed by atoms with Crippen molar-refractivity contribution in [1.82, 2.24) is 16.0 Å². The molecule has 2 aliphatic carbocycles. The molecule has 0 aromatic rings. The van der Waals surface area contributed by atoms with Gasteiger partial charge in [-0.05, 0) is 93.9 Å². The van der Waals surface area contributed by atoms with Gasteiger partial charge in [-0.2, -0.15) is 13.2 Å². The number of amides is 1. The Labute approximate surface area is 212 Å². The number of hydrogen-bond acceptors (Lipinski definition) is 4. The van der Waals surface area contributed by atoms with Crippen molar-refractivity contribution in [2.75, 3.05) is 26.2 Å². The molecule has 0 bridgehead atoms. The van der Waals surface area contributed by atoms with Gasteiger partial charge in [-0.1, -0.05) is 6.92 Å². The maximum Gasteiger partial charge on any atom is 0.404 e. The van der Waals surface area contributed by atoms with Crippen molar-refractivity contribution in [2.45, 2.75) is 88.7 Å². The SMILES string of the molecule is CC1CC(CNC(=O)C2CC(CNC3=NCCC3)CC(C3CCCNC3C(F)(F)F)C2)CCC1Cl. The Balaban J connectivity index is 1.40. The molecule has 8 atom stereocenters. The summed E-state index contributed by atoms with van der Waals surface area (Å²) in [5.74, 6) is 1.26. The number of nitrogens with zero attached hydrogens (tertiary/aromatic N) is 1. The van der Waals surface area contributed by atoms with Crippen LogP contribution in [0.15, 0.2) is 4.99 Å². The van der Waals surface area contributed by atoms with E-state index in [0.29, 0.717) is 44.3 Å². The molecular weight excluding hydrogens is 477 g/mol. The molecule has 1 saturated heterocycles. The minimum Gasteiger partial charge on any atom is -0.374 e. The maximum atomic E-state index is 13.9. The van der Waals surface area contributed by atoms with Crippen molar-refractivity contribution in [3.05, 3.63) is 0 Å². The molecule has 9 heteroatoms. The van der Waals surface area contributed by atoms with Gasteiger partial charge in [0.15, 0.2) is 0 Å². The molecule has 1 amide bonds. The van der Waals surface area contributed by atoms with E-state index in [0.717, 1.165) is 63.7 Å². The van der Waals surface area contributed by atoms with Crippen LogP contribution in [-0.4, -0.2) is 55.5 Å². The van der Waals surface area contributed by atoms with E-state index in [-0.39, 0.29) is 29.0 Å². The lowest BCUT2D eigenvalue weighted by Crippen LogP contribution is -2.54. The Morgan fingerprint density at radius 1 is 1.09 bits per heavy atom. The van der Waals surface area contributed by atoms with E-state index in [4.69, 9.17) is 11.6 Å². The highest BCUT2D eigenvalue weighted by atomic mass is 35.5. The summed E-state index contributed by atoms with van der Waals surface area (Å²) in [5.41, 5.74) is 0. The number of hydrogen-bond donors (Lipinski definition) is 3. The second-order valence-corrected chi connectivity index (χ2v) is 12.1. The predicted molar refractivity (Wildman–Crippen MR) is 134 cm³/mol. The van der Waals surface area contributed by atoms with Gasteiger partial charge in [0.05, 0.1) is 5.84 Å². The average Bonchev–Trinajstić information content (AvgIpc) is 3.36. The molecule has 4 aliphatic rings. The molecule has 5 nitrogen and oxygen atoms in total. The monoisotopic (exact) mass is 518 g/mol. The predicted octanol–water partition coefficient (Wildman–Crippen LogP) is 4.89. The van der Waals surface area contributed by atoms with Crippen LogP contribution in [0.4, 0.5) is 13.2 Å². The van der Waals surface area contributed by atoms with Gasteiger partial charge >= 0.3 is 6.18 Å². The van der Waals surface area contributed by atoms with Gasteiger partial charge in [-0.15, -0.1) is 11.6 Å². The molecule has 2 aliphatic heterocycles. The van der Waals surface area contributed by atoms with Crippen LogP contribution in [0.1, 0.15) is 71.1 Å². The number of amidine groups is 1. The number of halogens is 4. The zero-order chi connectivity index (χ0) is 25.0. The zero-order valence-electron chi connectivity index (χ0n) is 20.9. The van der Waals surface area contributed by atoms with Crippen LogP contribution in [0.2, 0.25) is 0 Å². The quantitative estimate of drug-likeness (QED) is 0.439. The Kier molecular flexibility index (Phi) is 9.28. The minimum absolute atomic E-state index is 0.0193. The first kappa shape index (κ1) is 27.0. The van der Waals surface area contributed by atoms with E-state index in [1.807, 2.05) is 0 Å². The average molecular weight is 519 g/mol. The fourth-order valence-electron chi connectivity index (χ4n) is 6.99. The highest BCUT2D eigenvalue weighted by Crippen LogP contribution is 2.44. The highest BCUT2D eigenvalue weighted by molar-refractivity contribution is 6.20. The normalized spacial score (nSPS) is 38.6. The van der Waals surface area contributed by atoms with Crippen LogP contribution in [0, 0.1) is 35.5 Å². The third-order valence-electron chi connectivity index (χ3n) is 8.88. The summed E-state index contributed by atoms with van der Waals surface area (Å²) in [6, 6.07) is -1.47. The smallest absolute Gasteiger partial charge is 0.374 e. The molecule has 0 aromatic heterocycles. The summed E-state index contributed by atoms with van der Waals surface area (Å²) in [6.45, 7) is 4.74. The van der Waals surface area contributed by atoms with Gasteiger partial charge < -0.3 is 16.0 Å². The van der Waals surface area contributed by atoms with Crippen molar-refractivity contribution in [2.24, 2.45) is 40.5 Å². The summed E-state index contributed by atoms with van der Waals surface area (Å²) in [7, 11) is 0. The standard InChI is InChI=1S/C26H42ClF3N4O/c1-16-10-17(6-7-22(16)27)14-34-25(35)20-12-18(15-33-23-5-3-8-31-23)11-19(13-20)21-4-2-9-32-24(21)26(28,29)30/h16-22,24,32H,2-15H2,1H3,(H,31,33)(H,34,35). The first-order chi connectivity index (χ1) is 16.7. The third-order valence-corrected chi connectivity index (χ3v) is 9.53. The van der Waals surface area contributed by atoms with Crippen molar-refractivity contribution < 1.29 is 18.0 Å². The van der Waals surface area contributed by atoms with Gasteiger partial charge in [-0.25, -0.2) is 0 Å². The van der Waals surface area contributed by atoms with E-state index in [2.05, 4.69) is 27.9 Å². The van der Waals surface area contributed by atoms with E-state index < -0.39 is 18.1 Å². The number of rotatable bonds is 6. The fourth-order valence-corrected chi connectivity index (χ4v) is 7.21. The Hall–Kier alpha value is -1.02. The van der Waals surface area contributed by atoms with Gasteiger partial charge in [0.2, 0.25) is 5.91 Å². The van der Waals surface area contributed by atoms with E-state index in [9.17, 15) is 18.0 Å².